The Labute approximate surface area is 143 Å². The van der Waals surface area contributed by atoms with E-state index in [1.54, 1.807) is 11.3 Å². The van der Waals surface area contributed by atoms with Crippen LogP contribution in [-0.4, -0.2) is 19.0 Å². The van der Waals surface area contributed by atoms with Crippen molar-refractivity contribution in [3.63, 3.8) is 0 Å². The van der Waals surface area contributed by atoms with E-state index in [4.69, 9.17) is 0 Å². The minimum atomic E-state index is -0.0960. The molecule has 0 fully saturated rings. The molecule has 0 aliphatic rings. The number of likely N-dealkylation sites (N-methyl/N-ethyl adjacent to an activating group) is 1. The van der Waals surface area contributed by atoms with Crippen LogP contribution in [0.4, 0.5) is 5.69 Å². The summed E-state index contributed by atoms with van der Waals surface area (Å²) < 4.78 is 0. The minimum absolute atomic E-state index is 0.0639. The first-order valence-corrected chi connectivity index (χ1v) is 9.02. The first-order chi connectivity index (χ1) is 10.9. The Kier molecular flexibility index (Phi) is 5.97. The number of hydrogen-bond donors (Lipinski definition) is 2. The van der Waals surface area contributed by atoms with Gasteiger partial charge in [0.15, 0.2) is 6.04 Å². The number of anilines is 1. The molecule has 3 nitrogen and oxygen atoms in total. The lowest BCUT2D eigenvalue weighted by molar-refractivity contribution is -0.907. The summed E-state index contributed by atoms with van der Waals surface area (Å²) in [5.74, 6) is 0.567. The van der Waals surface area contributed by atoms with E-state index in [2.05, 4.69) is 56.7 Å². The standard InChI is InChI=1S/C19H26N2OS/c1-13(2)16-6-8-17(9-7-16)20-19(22)15(4)21(5)12-18-14(3)10-11-23-18/h6-11,13,15H,12H2,1-5H3,(H,20,22)/p+1/t15-/m1/s1. The normalized spacial score (nSPS) is 13.8. The highest BCUT2D eigenvalue weighted by Crippen LogP contribution is 2.17. The van der Waals surface area contributed by atoms with Crippen LogP contribution in [-0.2, 0) is 11.3 Å². The monoisotopic (exact) mass is 331 g/mol. The number of benzene rings is 1. The van der Waals surface area contributed by atoms with Crippen LogP contribution < -0.4 is 10.2 Å². The third-order valence-corrected chi connectivity index (χ3v) is 5.41. The smallest absolute Gasteiger partial charge is 0.282 e. The summed E-state index contributed by atoms with van der Waals surface area (Å²) >= 11 is 1.76. The Bertz CT molecular complexity index is 646. The molecule has 2 N–H and O–H groups in total. The van der Waals surface area contributed by atoms with E-state index in [9.17, 15) is 4.79 Å². The van der Waals surface area contributed by atoms with E-state index in [0.29, 0.717) is 5.92 Å². The van der Waals surface area contributed by atoms with Crippen molar-refractivity contribution in [2.75, 3.05) is 12.4 Å². The molecule has 1 aromatic carbocycles. The molecule has 1 heterocycles. The third kappa shape index (κ3) is 4.66. The molecule has 2 aromatic rings. The van der Waals surface area contributed by atoms with Crippen LogP contribution in [0.1, 0.15) is 42.7 Å². The molecule has 0 aliphatic heterocycles. The molecule has 0 spiro atoms. The second-order valence-corrected chi connectivity index (χ2v) is 7.54. The third-order valence-electron chi connectivity index (χ3n) is 4.38. The van der Waals surface area contributed by atoms with Gasteiger partial charge in [-0.15, -0.1) is 11.3 Å². The van der Waals surface area contributed by atoms with Gasteiger partial charge in [-0.3, -0.25) is 4.79 Å². The molecule has 124 valence electrons. The highest BCUT2D eigenvalue weighted by molar-refractivity contribution is 7.10. The lowest BCUT2D eigenvalue weighted by atomic mass is 10.0. The molecule has 0 aliphatic carbocycles. The number of nitrogens with one attached hydrogen (secondary N) is 2. The molecule has 1 aromatic heterocycles. The van der Waals surface area contributed by atoms with Gasteiger partial charge in [0.1, 0.15) is 6.54 Å². The zero-order valence-corrected chi connectivity index (χ0v) is 15.5. The molecule has 23 heavy (non-hydrogen) atoms. The Hall–Kier alpha value is -1.65. The Morgan fingerprint density at radius 1 is 1.17 bits per heavy atom. The number of thiophene rings is 1. The molecule has 1 amide bonds. The van der Waals surface area contributed by atoms with Crippen LogP contribution in [0.3, 0.4) is 0 Å². The van der Waals surface area contributed by atoms with Crippen molar-refractivity contribution in [3.05, 3.63) is 51.7 Å². The van der Waals surface area contributed by atoms with Crippen LogP contribution in [0.5, 0.6) is 0 Å². The number of hydrogen-bond acceptors (Lipinski definition) is 2. The number of carbonyl (C=O) groups excluding carboxylic acids is 1. The molecule has 2 rings (SSSR count). The number of aryl methyl sites for hydroxylation is 1. The van der Waals surface area contributed by atoms with Gasteiger partial charge in [0.25, 0.3) is 5.91 Å². The highest BCUT2D eigenvalue weighted by Gasteiger charge is 2.22. The van der Waals surface area contributed by atoms with Crippen molar-refractivity contribution in [2.24, 2.45) is 0 Å². The van der Waals surface area contributed by atoms with Gasteiger partial charge in [-0.05, 0) is 54.5 Å². The SMILES string of the molecule is Cc1ccsc1C[NH+](C)[C@H](C)C(=O)Nc1ccc(C(C)C)cc1. The number of quaternary nitrogens is 1. The second kappa shape index (κ2) is 7.75. The Morgan fingerprint density at radius 2 is 1.83 bits per heavy atom. The molecule has 0 bridgehead atoms. The predicted molar refractivity (Wildman–Crippen MR) is 98.3 cm³/mol. The van der Waals surface area contributed by atoms with E-state index in [0.717, 1.165) is 12.2 Å². The molecule has 0 radical (unpaired) electrons. The zero-order chi connectivity index (χ0) is 17.0. The maximum absolute atomic E-state index is 12.5. The van der Waals surface area contributed by atoms with Crippen LogP contribution in [0.15, 0.2) is 35.7 Å². The number of rotatable bonds is 6. The molecule has 2 atom stereocenters. The van der Waals surface area contributed by atoms with Crippen molar-refractivity contribution in [2.45, 2.75) is 46.2 Å². The first-order valence-electron chi connectivity index (χ1n) is 8.14. The molecule has 0 saturated carbocycles. The van der Waals surface area contributed by atoms with Crippen molar-refractivity contribution in [1.29, 1.82) is 0 Å². The average Bonchev–Trinajstić information content (AvgIpc) is 2.92. The van der Waals surface area contributed by atoms with Gasteiger partial charge in [-0.25, -0.2) is 0 Å². The summed E-state index contributed by atoms with van der Waals surface area (Å²) in [5.41, 5.74) is 3.46. The predicted octanol–water partition coefficient (Wildman–Crippen LogP) is 3.22. The molecule has 1 unspecified atom stereocenters. The van der Waals surface area contributed by atoms with Crippen LogP contribution in [0, 0.1) is 6.92 Å². The summed E-state index contributed by atoms with van der Waals surface area (Å²) in [6, 6.07) is 10.2. The zero-order valence-electron chi connectivity index (χ0n) is 14.6. The van der Waals surface area contributed by atoms with Crippen LogP contribution >= 0.6 is 11.3 Å². The maximum atomic E-state index is 12.5. The van der Waals surface area contributed by atoms with Crippen molar-refractivity contribution in [1.82, 2.24) is 0 Å². The molecular formula is C19H27N2OS+. The van der Waals surface area contributed by atoms with Gasteiger partial charge >= 0.3 is 0 Å². The van der Waals surface area contributed by atoms with E-state index in [-0.39, 0.29) is 11.9 Å². The first kappa shape index (κ1) is 17.7. The van der Waals surface area contributed by atoms with Gasteiger partial charge in [0.05, 0.1) is 11.9 Å². The largest absolute Gasteiger partial charge is 0.323 e. The number of carbonyl (C=O) groups is 1. The number of amides is 1. The lowest BCUT2D eigenvalue weighted by Crippen LogP contribution is -3.12. The van der Waals surface area contributed by atoms with Gasteiger partial charge in [0, 0.05) is 5.69 Å². The van der Waals surface area contributed by atoms with Crippen LogP contribution in [0.25, 0.3) is 0 Å². The molecule has 4 heteroatoms. The van der Waals surface area contributed by atoms with E-state index < -0.39 is 0 Å². The van der Waals surface area contributed by atoms with Gasteiger partial charge in [-0.1, -0.05) is 26.0 Å². The summed E-state index contributed by atoms with van der Waals surface area (Å²) in [6.07, 6.45) is 0. The minimum Gasteiger partial charge on any atom is -0.323 e. The fourth-order valence-corrected chi connectivity index (χ4v) is 3.42. The van der Waals surface area contributed by atoms with E-state index >= 15 is 0 Å². The fraction of sp³-hybridized carbons (Fsp3) is 0.421. The van der Waals surface area contributed by atoms with Crippen LogP contribution in [0.2, 0.25) is 0 Å². The summed E-state index contributed by atoms with van der Waals surface area (Å²) in [5, 5.41) is 5.14. The van der Waals surface area contributed by atoms with Gasteiger partial charge in [0.2, 0.25) is 0 Å². The van der Waals surface area contributed by atoms with Crippen molar-refractivity contribution >= 4 is 22.9 Å². The summed E-state index contributed by atoms with van der Waals surface area (Å²) in [4.78, 5) is 15.0. The van der Waals surface area contributed by atoms with Gasteiger partial charge < -0.3 is 10.2 Å². The molecular weight excluding hydrogens is 304 g/mol. The summed E-state index contributed by atoms with van der Waals surface area (Å²) in [6.45, 7) is 9.32. The lowest BCUT2D eigenvalue weighted by Gasteiger charge is -2.21. The quantitative estimate of drug-likeness (QED) is 0.837. The maximum Gasteiger partial charge on any atom is 0.282 e. The summed E-state index contributed by atoms with van der Waals surface area (Å²) in [7, 11) is 2.07. The fourth-order valence-electron chi connectivity index (χ4n) is 2.42. The second-order valence-electron chi connectivity index (χ2n) is 6.54. The topological polar surface area (TPSA) is 33.5 Å². The van der Waals surface area contributed by atoms with Crippen molar-refractivity contribution < 1.29 is 9.69 Å². The van der Waals surface area contributed by atoms with E-state index in [1.807, 2.05) is 19.1 Å². The van der Waals surface area contributed by atoms with Crippen molar-refractivity contribution in [3.8, 4) is 0 Å². The Morgan fingerprint density at radius 3 is 2.35 bits per heavy atom. The molecule has 0 saturated heterocycles. The van der Waals surface area contributed by atoms with E-state index in [1.165, 1.54) is 20.9 Å². The average molecular weight is 332 g/mol. The Balaban J connectivity index is 1.95. The highest BCUT2D eigenvalue weighted by atomic mass is 32.1. The van der Waals surface area contributed by atoms with Gasteiger partial charge in [-0.2, -0.15) is 0 Å².